The first-order valence-corrected chi connectivity index (χ1v) is 13.4. The molecule has 3 aliphatic rings. The predicted octanol–water partition coefficient (Wildman–Crippen LogP) is 2.37. The van der Waals surface area contributed by atoms with Crippen molar-refractivity contribution < 1.29 is 29.0 Å². The van der Waals surface area contributed by atoms with Crippen molar-refractivity contribution in [2.75, 3.05) is 49.2 Å². The molecule has 2 amide bonds. The van der Waals surface area contributed by atoms with E-state index in [1.807, 2.05) is 24.3 Å². The molecule has 1 N–H and O–H groups in total. The molecule has 3 saturated heterocycles. The lowest BCUT2D eigenvalue weighted by molar-refractivity contribution is -0.154. The molecule has 0 aliphatic carbocycles. The number of benzene rings is 1. The molecular weight excluding hydrogens is 474 g/mol. The number of carbonyl (C=O) groups is 3. The smallest absolute Gasteiger partial charge is 0.312 e. The van der Waals surface area contributed by atoms with Gasteiger partial charge in [-0.25, -0.2) is 0 Å². The van der Waals surface area contributed by atoms with E-state index in [1.165, 1.54) is 4.90 Å². The molecule has 9 nitrogen and oxygen atoms in total. The molecule has 3 fully saturated rings. The Morgan fingerprint density at radius 2 is 1.89 bits per heavy atom. The number of likely N-dealkylation sites (tertiary alicyclic amines) is 1. The van der Waals surface area contributed by atoms with Crippen LogP contribution in [0.4, 0.5) is 11.4 Å². The van der Waals surface area contributed by atoms with Crippen molar-refractivity contribution in [1.29, 1.82) is 0 Å². The monoisotopic (exact) mass is 513 g/mol. The fourth-order valence-electron chi connectivity index (χ4n) is 6.45. The topological polar surface area (TPSA) is 99.6 Å². The minimum atomic E-state index is -1.09. The predicted molar refractivity (Wildman–Crippen MR) is 140 cm³/mol. The van der Waals surface area contributed by atoms with Gasteiger partial charge in [-0.15, -0.1) is 6.58 Å². The largest absolute Gasteiger partial charge is 0.466 e. The van der Waals surface area contributed by atoms with Crippen molar-refractivity contribution in [3.63, 3.8) is 0 Å². The molecule has 0 radical (unpaired) electrons. The molecule has 0 saturated carbocycles. The van der Waals surface area contributed by atoms with E-state index in [9.17, 15) is 19.5 Å². The number of esters is 1. The van der Waals surface area contributed by atoms with Crippen LogP contribution in [-0.2, 0) is 23.9 Å². The molecule has 1 aromatic rings. The Hall–Kier alpha value is -2.91. The lowest BCUT2D eigenvalue weighted by Gasteiger charge is -2.37. The third-order valence-electron chi connectivity index (χ3n) is 8.02. The van der Waals surface area contributed by atoms with Gasteiger partial charge in [0.2, 0.25) is 5.91 Å². The maximum absolute atomic E-state index is 14.3. The van der Waals surface area contributed by atoms with Gasteiger partial charge in [0.1, 0.15) is 11.6 Å². The third-order valence-corrected chi connectivity index (χ3v) is 8.02. The van der Waals surface area contributed by atoms with Gasteiger partial charge in [0, 0.05) is 44.2 Å². The summed E-state index contributed by atoms with van der Waals surface area (Å²) in [6.07, 6.45) is 2.65. The zero-order valence-electron chi connectivity index (χ0n) is 22.1. The quantitative estimate of drug-likeness (QED) is 0.338. The SMILES string of the molecule is C=CCN(C(=O)[C@@H]1N(CCCO)C(=O)[C@H]2[C@H](C(=O)OCC)[C@@H]3CC[C@]12O3)c1ccc(N(CC)CC)cc1. The van der Waals surface area contributed by atoms with Crippen LogP contribution in [-0.4, -0.2) is 84.9 Å². The summed E-state index contributed by atoms with van der Waals surface area (Å²) < 4.78 is 11.7. The van der Waals surface area contributed by atoms with E-state index < -0.39 is 35.6 Å². The van der Waals surface area contributed by atoms with Crippen LogP contribution in [0.3, 0.4) is 0 Å². The number of nitrogens with zero attached hydrogens (tertiary/aromatic N) is 3. The first kappa shape index (κ1) is 27.1. The minimum absolute atomic E-state index is 0.115. The van der Waals surface area contributed by atoms with Gasteiger partial charge in [0.05, 0.1) is 24.5 Å². The van der Waals surface area contributed by atoms with E-state index in [0.29, 0.717) is 24.9 Å². The molecule has 3 aliphatic heterocycles. The highest BCUT2D eigenvalue weighted by molar-refractivity contribution is 6.04. The van der Waals surface area contributed by atoms with Crippen LogP contribution < -0.4 is 9.80 Å². The molecule has 5 atom stereocenters. The third kappa shape index (κ3) is 4.52. The van der Waals surface area contributed by atoms with E-state index in [2.05, 4.69) is 25.3 Å². The van der Waals surface area contributed by atoms with Gasteiger partial charge in [-0.05, 0) is 64.3 Å². The summed E-state index contributed by atoms with van der Waals surface area (Å²) in [6.45, 7) is 12.1. The fraction of sp³-hybridized carbons (Fsp3) is 0.607. The number of rotatable bonds is 12. The van der Waals surface area contributed by atoms with Crippen molar-refractivity contribution >= 4 is 29.2 Å². The Morgan fingerprint density at radius 3 is 2.49 bits per heavy atom. The summed E-state index contributed by atoms with van der Waals surface area (Å²) in [4.78, 5) is 46.4. The number of fused-ring (bicyclic) bond motifs is 1. The summed E-state index contributed by atoms with van der Waals surface area (Å²) in [5.41, 5.74) is 0.672. The van der Waals surface area contributed by atoms with E-state index in [-0.39, 0.29) is 38.1 Å². The van der Waals surface area contributed by atoms with Crippen molar-refractivity contribution in [3.8, 4) is 0 Å². The highest BCUT2D eigenvalue weighted by Gasteiger charge is 2.75. The zero-order chi connectivity index (χ0) is 26.7. The van der Waals surface area contributed by atoms with Crippen LogP contribution >= 0.6 is 0 Å². The molecule has 202 valence electrons. The lowest BCUT2D eigenvalue weighted by Crippen LogP contribution is -2.56. The van der Waals surface area contributed by atoms with Crippen LogP contribution in [0.5, 0.6) is 0 Å². The highest BCUT2D eigenvalue weighted by atomic mass is 16.6. The van der Waals surface area contributed by atoms with Crippen LogP contribution in [0.2, 0.25) is 0 Å². The van der Waals surface area contributed by atoms with Crippen LogP contribution in [0.25, 0.3) is 0 Å². The number of ether oxygens (including phenoxy) is 2. The first-order valence-electron chi connectivity index (χ1n) is 13.4. The van der Waals surface area contributed by atoms with Crippen LogP contribution in [0.1, 0.15) is 40.0 Å². The standard InChI is InChI=1S/C28H39N3O6/c1-5-16-30(20-12-10-19(11-13-20)29(6-2)7-3)26(34)24-28-15-14-21(37-28)22(27(35)36-8-4)23(28)25(33)31(24)17-9-18-32/h5,10-13,21-24,32H,1,6-9,14-18H2,2-4H3/t21-,22+,23+,24-,28+/m0/s1. The summed E-state index contributed by atoms with van der Waals surface area (Å²) in [7, 11) is 0. The van der Waals surface area contributed by atoms with Gasteiger partial charge >= 0.3 is 5.97 Å². The number of hydrogen-bond acceptors (Lipinski definition) is 7. The second-order valence-corrected chi connectivity index (χ2v) is 9.84. The van der Waals surface area contributed by atoms with Crippen molar-refractivity contribution in [1.82, 2.24) is 4.90 Å². The summed E-state index contributed by atoms with van der Waals surface area (Å²) >= 11 is 0. The Bertz CT molecular complexity index is 1010. The van der Waals surface area contributed by atoms with Gasteiger partial charge in [-0.2, -0.15) is 0 Å². The Kier molecular flexibility index (Phi) is 8.23. The van der Waals surface area contributed by atoms with Crippen LogP contribution in [0, 0.1) is 11.8 Å². The molecule has 1 aromatic carbocycles. The second kappa shape index (κ2) is 11.2. The second-order valence-electron chi connectivity index (χ2n) is 9.84. The summed E-state index contributed by atoms with van der Waals surface area (Å²) in [5.74, 6) is -2.49. The number of hydrogen-bond donors (Lipinski definition) is 1. The summed E-state index contributed by atoms with van der Waals surface area (Å²) in [5, 5.41) is 9.51. The van der Waals surface area contributed by atoms with E-state index >= 15 is 0 Å². The molecule has 9 heteroatoms. The number of carbonyl (C=O) groups excluding carboxylic acids is 3. The zero-order valence-corrected chi connectivity index (χ0v) is 22.1. The molecule has 0 unspecified atom stereocenters. The molecule has 1 spiro atoms. The number of aliphatic hydroxyl groups is 1. The van der Waals surface area contributed by atoms with Gasteiger partial charge in [0.25, 0.3) is 5.91 Å². The van der Waals surface area contributed by atoms with Crippen molar-refractivity contribution in [2.24, 2.45) is 11.8 Å². The van der Waals surface area contributed by atoms with Gasteiger partial charge in [-0.3, -0.25) is 14.4 Å². The molecule has 37 heavy (non-hydrogen) atoms. The number of amides is 2. The van der Waals surface area contributed by atoms with Crippen molar-refractivity contribution in [2.45, 2.75) is 57.8 Å². The van der Waals surface area contributed by atoms with Gasteiger partial charge < -0.3 is 29.3 Å². The Morgan fingerprint density at radius 1 is 1.22 bits per heavy atom. The molecular formula is C28H39N3O6. The fourth-order valence-corrected chi connectivity index (χ4v) is 6.45. The maximum atomic E-state index is 14.3. The van der Waals surface area contributed by atoms with E-state index in [1.54, 1.807) is 17.9 Å². The van der Waals surface area contributed by atoms with Gasteiger partial charge in [0.15, 0.2) is 0 Å². The lowest BCUT2D eigenvalue weighted by atomic mass is 9.70. The minimum Gasteiger partial charge on any atom is -0.466 e. The highest BCUT2D eigenvalue weighted by Crippen LogP contribution is 2.58. The number of aliphatic hydroxyl groups excluding tert-OH is 1. The number of anilines is 2. The Labute approximate surface area is 219 Å². The molecule has 2 bridgehead atoms. The Balaban J connectivity index is 1.71. The molecule has 3 heterocycles. The van der Waals surface area contributed by atoms with Crippen LogP contribution in [0.15, 0.2) is 36.9 Å². The van der Waals surface area contributed by atoms with Crippen molar-refractivity contribution in [3.05, 3.63) is 36.9 Å². The van der Waals surface area contributed by atoms with E-state index in [4.69, 9.17) is 9.47 Å². The normalized spacial score (nSPS) is 27.8. The maximum Gasteiger partial charge on any atom is 0.312 e. The van der Waals surface area contributed by atoms with E-state index in [0.717, 1.165) is 18.8 Å². The summed E-state index contributed by atoms with van der Waals surface area (Å²) in [6, 6.07) is 6.90. The molecule has 4 rings (SSSR count). The average molecular weight is 514 g/mol. The average Bonchev–Trinajstić information content (AvgIpc) is 3.54. The molecule has 0 aromatic heterocycles. The van der Waals surface area contributed by atoms with Gasteiger partial charge in [-0.1, -0.05) is 6.08 Å². The first-order chi connectivity index (χ1) is 17.9.